The number of hydrogen-bond donors (Lipinski definition) is 0. The van der Waals surface area contributed by atoms with E-state index in [4.69, 9.17) is 0 Å². The molecule has 12 aromatic rings. The molecule has 1 aromatic heterocycles. The molecule has 290 valence electrons. The Morgan fingerprint density at radius 3 is 1.61 bits per heavy atom. The molecule has 0 spiro atoms. The topological polar surface area (TPSA) is 3.24 Å². The van der Waals surface area contributed by atoms with Crippen LogP contribution in [0.3, 0.4) is 0 Å². The summed E-state index contributed by atoms with van der Waals surface area (Å²) in [5.41, 5.74) is 12.9. The van der Waals surface area contributed by atoms with Crippen molar-refractivity contribution in [1.29, 1.82) is 0 Å². The fourth-order valence-corrected chi connectivity index (χ4v) is 10.6. The lowest BCUT2D eigenvalue weighted by Gasteiger charge is -2.30. The first-order valence-corrected chi connectivity index (χ1v) is 22.1. The molecule has 0 bridgehead atoms. The van der Waals surface area contributed by atoms with Crippen LogP contribution in [0.25, 0.3) is 97.0 Å². The molecule has 0 atom stereocenters. The van der Waals surface area contributed by atoms with Gasteiger partial charge in [0.25, 0.3) is 0 Å². The quantitative estimate of drug-likeness (QED) is 0.145. The summed E-state index contributed by atoms with van der Waals surface area (Å²) >= 11 is 1.87. The maximum Gasteiger partial charge on any atom is 0.0546 e. The van der Waals surface area contributed by atoms with Crippen LogP contribution in [0, 0.1) is 0 Å². The Labute approximate surface area is 365 Å². The highest BCUT2D eigenvalue weighted by atomic mass is 32.1. The zero-order chi connectivity index (χ0) is 41.0. The summed E-state index contributed by atoms with van der Waals surface area (Å²) < 4.78 is 2.63. The molecule has 0 N–H and O–H groups in total. The summed E-state index contributed by atoms with van der Waals surface area (Å²) in [4.78, 5) is 2.46. The normalized spacial score (nSPS) is 11.5. The van der Waals surface area contributed by atoms with Crippen LogP contribution in [0.4, 0.5) is 17.1 Å². The van der Waals surface area contributed by atoms with Crippen molar-refractivity contribution in [3.8, 4) is 44.5 Å². The number of anilines is 3. The van der Waals surface area contributed by atoms with Crippen molar-refractivity contribution >= 4 is 80.9 Å². The fraction of sp³-hybridized carbons (Fsp3) is 0. The van der Waals surface area contributed by atoms with Crippen molar-refractivity contribution in [1.82, 2.24) is 0 Å². The van der Waals surface area contributed by atoms with Gasteiger partial charge in [-0.05, 0) is 126 Å². The van der Waals surface area contributed by atoms with Crippen LogP contribution >= 0.6 is 11.3 Å². The van der Waals surface area contributed by atoms with Crippen LogP contribution < -0.4 is 4.90 Å². The average molecular weight is 806 g/mol. The van der Waals surface area contributed by atoms with Gasteiger partial charge in [0, 0.05) is 37.1 Å². The molecular weight excluding hydrogens is 767 g/mol. The van der Waals surface area contributed by atoms with Gasteiger partial charge >= 0.3 is 0 Å². The molecule has 0 aliphatic rings. The third-order valence-corrected chi connectivity index (χ3v) is 13.6. The minimum Gasteiger partial charge on any atom is -0.310 e. The second-order valence-electron chi connectivity index (χ2n) is 16.1. The lowest BCUT2D eigenvalue weighted by Crippen LogP contribution is -2.12. The number of hydrogen-bond acceptors (Lipinski definition) is 2. The van der Waals surface area contributed by atoms with E-state index in [1.165, 1.54) is 97.0 Å². The van der Waals surface area contributed by atoms with Gasteiger partial charge in [-0.15, -0.1) is 11.3 Å². The maximum absolute atomic E-state index is 2.46. The zero-order valence-electron chi connectivity index (χ0n) is 33.9. The van der Waals surface area contributed by atoms with Gasteiger partial charge in [-0.3, -0.25) is 0 Å². The van der Waals surface area contributed by atoms with E-state index in [9.17, 15) is 0 Å². The van der Waals surface area contributed by atoms with E-state index in [1.807, 2.05) is 11.3 Å². The largest absolute Gasteiger partial charge is 0.310 e. The zero-order valence-corrected chi connectivity index (χ0v) is 34.7. The summed E-state index contributed by atoms with van der Waals surface area (Å²) in [6.45, 7) is 0. The summed E-state index contributed by atoms with van der Waals surface area (Å²) in [5.74, 6) is 0. The molecule has 2 heteroatoms. The molecule has 0 fully saturated rings. The van der Waals surface area contributed by atoms with Crippen molar-refractivity contribution in [2.75, 3.05) is 4.90 Å². The van der Waals surface area contributed by atoms with Crippen molar-refractivity contribution in [3.05, 3.63) is 237 Å². The van der Waals surface area contributed by atoms with Crippen LogP contribution in [-0.2, 0) is 0 Å². The molecule has 1 nitrogen and oxygen atoms in total. The van der Waals surface area contributed by atoms with Gasteiger partial charge < -0.3 is 4.90 Å². The Kier molecular flexibility index (Phi) is 8.76. The summed E-state index contributed by atoms with van der Waals surface area (Å²) in [6, 6.07) is 87.0. The highest BCUT2D eigenvalue weighted by Gasteiger charge is 2.23. The van der Waals surface area contributed by atoms with E-state index >= 15 is 0 Å². The SMILES string of the molecule is c1ccc(-c2ccc(N(c3ccc(-c4ccc5c(c4)sc4ccccc45)cc3)c3cccc(-c4ccc5ccccc5c4)c3-c3cc4ccccc4c4ccccc34)cc2)cc1. The fourth-order valence-electron chi connectivity index (χ4n) is 9.44. The second-order valence-corrected chi connectivity index (χ2v) is 17.1. The highest BCUT2D eigenvalue weighted by molar-refractivity contribution is 7.25. The maximum atomic E-state index is 2.46. The van der Waals surface area contributed by atoms with Crippen LogP contribution in [-0.4, -0.2) is 0 Å². The Morgan fingerprint density at radius 2 is 0.839 bits per heavy atom. The predicted octanol–water partition coefficient (Wildman–Crippen LogP) is 17.7. The molecule has 0 amide bonds. The van der Waals surface area contributed by atoms with Gasteiger partial charge in [-0.1, -0.05) is 182 Å². The third-order valence-electron chi connectivity index (χ3n) is 12.5. The number of rotatable bonds is 7. The predicted molar refractivity (Wildman–Crippen MR) is 268 cm³/mol. The Morgan fingerprint density at radius 1 is 0.274 bits per heavy atom. The highest BCUT2D eigenvalue weighted by Crippen LogP contribution is 2.49. The first kappa shape index (κ1) is 36.1. The number of nitrogens with zero attached hydrogens (tertiary/aromatic N) is 1. The molecule has 0 aliphatic heterocycles. The minimum atomic E-state index is 1.09. The standard InChI is InChI=1S/C60H39NS/c1-2-13-40(14-3-1)42-27-32-48(33-28-42)61(49-34-29-43(30-35-49)45-31-36-55-54-21-10-11-24-58(54)62-59(55)39-45)57-23-12-22-51(47-26-25-41-15-4-5-16-44(41)37-47)60(57)56-38-46-17-6-7-18-50(46)52-19-8-9-20-53(52)56/h1-39H. The summed E-state index contributed by atoms with van der Waals surface area (Å²) in [7, 11) is 0. The Bertz CT molecular complexity index is 3620. The molecule has 11 aromatic carbocycles. The number of benzene rings is 11. The summed E-state index contributed by atoms with van der Waals surface area (Å²) in [5, 5.41) is 10.1. The minimum absolute atomic E-state index is 1.09. The molecule has 1 heterocycles. The van der Waals surface area contributed by atoms with Gasteiger partial charge in [0.05, 0.1) is 5.69 Å². The first-order valence-electron chi connectivity index (χ1n) is 21.2. The van der Waals surface area contributed by atoms with Crippen molar-refractivity contribution < 1.29 is 0 Å². The van der Waals surface area contributed by atoms with Crippen molar-refractivity contribution in [3.63, 3.8) is 0 Å². The Hall–Kier alpha value is -7.78. The third kappa shape index (κ3) is 6.24. The monoisotopic (exact) mass is 805 g/mol. The lowest BCUT2D eigenvalue weighted by atomic mass is 9.87. The summed E-state index contributed by atoms with van der Waals surface area (Å²) in [6.07, 6.45) is 0. The average Bonchev–Trinajstić information content (AvgIpc) is 3.72. The van der Waals surface area contributed by atoms with E-state index in [-0.39, 0.29) is 0 Å². The van der Waals surface area contributed by atoms with E-state index in [1.54, 1.807) is 0 Å². The molecule has 0 aliphatic carbocycles. The first-order chi connectivity index (χ1) is 30.7. The van der Waals surface area contributed by atoms with E-state index < -0.39 is 0 Å². The number of fused-ring (bicyclic) bond motifs is 7. The molecule has 0 unspecified atom stereocenters. The van der Waals surface area contributed by atoms with E-state index in [2.05, 4.69) is 241 Å². The van der Waals surface area contributed by atoms with Gasteiger partial charge in [-0.25, -0.2) is 0 Å². The van der Waals surface area contributed by atoms with Crippen molar-refractivity contribution in [2.24, 2.45) is 0 Å². The van der Waals surface area contributed by atoms with Gasteiger partial charge in [0.15, 0.2) is 0 Å². The van der Waals surface area contributed by atoms with Gasteiger partial charge in [0.2, 0.25) is 0 Å². The second kappa shape index (κ2) is 15.0. The van der Waals surface area contributed by atoms with Crippen LogP contribution in [0.15, 0.2) is 237 Å². The van der Waals surface area contributed by atoms with Crippen LogP contribution in [0.5, 0.6) is 0 Å². The Balaban J connectivity index is 1.09. The molecule has 0 saturated heterocycles. The van der Waals surface area contributed by atoms with Crippen LogP contribution in [0.1, 0.15) is 0 Å². The molecule has 0 saturated carbocycles. The van der Waals surface area contributed by atoms with Crippen molar-refractivity contribution in [2.45, 2.75) is 0 Å². The lowest BCUT2D eigenvalue weighted by molar-refractivity contribution is 1.28. The van der Waals surface area contributed by atoms with Gasteiger partial charge in [0.1, 0.15) is 0 Å². The van der Waals surface area contributed by atoms with E-state index in [0.717, 1.165) is 17.1 Å². The number of thiophene rings is 1. The van der Waals surface area contributed by atoms with Crippen LogP contribution in [0.2, 0.25) is 0 Å². The molecule has 62 heavy (non-hydrogen) atoms. The molecular formula is C60H39NS. The smallest absolute Gasteiger partial charge is 0.0546 e. The van der Waals surface area contributed by atoms with Gasteiger partial charge in [-0.2, -0.15) is 0 Å². The molecule has 0 radical (unpaired) electrons. The van der Waals surface area contributed by atoms with E-state index in [0.29, 0.717) is 0 Å². The molecule has 12 rings (SSSR count).